The summed E-state index contributed by atoms with van der Waals surface area (Å²) < 4.78 is 2.00. The molecule has 4 nitrogen and oxygen atoms in total. The number of pyridine rings is 1. The average Bonchev–Trinajstić information content (AvgIpc) is 2.99. The van der Waals surface area contributed by atoms with Crippen LogP contribution in [-0.2, 0) is 0 Å². The third-order valence-electron chi connectivity index (χ3n) is 3.64. The van der Waals surface area contributed by atoms with Crippen LogP contribution in [0.5, 0.6) is 0 Å². The third kappa shape index (κ3) is 2.15. The summed E-state index contributed by atoms with van der Waals surface area (Å²) in [5.74, 6) is 0.721. The SMILES string of the molecule is Cc1ccn2c(-c3cccc(-c4ccccn4)c3)cnc2n1. The lowest BCUT2D eigenvalue weighted by Crippen LogP contribution is -1.92. The normalized spacial score (nSPS) is 11.0. The van der Waals surface area contributed by atoms with Crippen molar-refractivity contribution in [2.45, 2.75) is 6.92 Å². The zero-order chi connectivity index (χ0) is 14.9. The molecule has 0 saturated carbocycles. The number of hydrogen-bond donors (Lipinski definition) is 0. The summed E-state index contributed by atoms with van der Waals surface area (Å²) >= 11 is 0. The third-order valence-corrected chi connectivity index (χ3v) is 3.64. The molecule has 0 aliphatic rings. The van der Waals surface area contributed by atoms with Crippen LogP contribution in [0.2, 0.25) is 0 Å². The predicted octanol–water partition coefficient (Wildman–Crippen LogP) is 3.77. The van der Waals surface area contributed by atoms with Crippen LogP contribution < -0.4 is 0 Å². The molecule has 0 radical (unpaired) electrons. The van der Waals surface area contributed by atoms with Gasteiger partial charge in [-0.2, -0.15) is 0 Å². The Morgan fingerprint density at radius 1 is 0.909 bits per heavy atom. The minimum Gasteiger partial charge on any atom is -0.284 e. The Kier molecular flexibility index (Phi) is 2.93. The Balaban J connectivity index is 1.85. The van der Waals surface area contributed by atoms with Crippen molar-refractivity contribution in [3.05, 3.63) is 72.8 Å². The standard InChI is InChI=1S/C18H14N4/c1-13-8-10-22-17(12-20-18(22)21-13)15-6-4-5-14(11-15)16-7-2-3-9-19-16/h2-12H,1H3. The van der Waals surface area contributed by atoms with E-state index in [0.717, 1.165) is 34.0 Å². The maximum absolute atomic E-state index is 4.44. The van der Waals surface area contributed by atoms with Gasteiger partial charge in [-0.15, -0.1) is 0 Å². The number of imidazole rings is 1. The van der Waals surface area contributed by atoms with Crippen LogP contribution in [0.4, 0.5) is 0 Å². The number of benzene rings is 1. The molecule has 0 aliphatic heterocycles. The maximum Gasteiger partial charge on any atom is 0.234 e. The van der Waals surface area contributed by atoms with Gasteiger partial charge in [-0.25, -0.2) is 9.97 Å². The zero-order valence-corrected chi connectivity index (χ0v) is 12.1. The summed E-state index contributed by atoms with van der Waals surface area (Å²) in [6.45, 7) is 1.97. The predicted molar refractivity (Wildman–Crippen MR) is 86.4 cm³/mol. The molecule has 22 heavy (non-hydrogen) atoms. The van der Waals surface area contributed by atoms with Crippen molar-refractivity contribution in [3.63, 3.8) is 0 Å². The second-order valence-electron chi connectivity index (χ2n) is 5.18. The lowest BCUT2D eigenvalue weighted by Gasteiger charge is -2.05. The lowest BCUT2D eigenvalue weighted by atomic mass is 10.1. The Bertz CT molecular complexity index is 942. The van der Waals surface area contributed by atoms with E-state index in [4.69, 9.17) is 0 Å². The van der Waals surface area contributed by atoms with Gasteiger partial charge in [0.15, 0.2) is 0 Å². The number of aryl methyl sites for hydroxylation is 1. The van der Waals surface area contributed by atoms with E-state index >= 15 is 0 Å². The highest BCUT2D eigenvalue weighted by Gasteiger charge is 2.08. The number of hydrogen-bond acceptors (Lipinski definition) is 3. The molecule has 0 amide bonds. The van der Waals surface area contributed by atoms with Gasteiger partial charge in [-0.1, -0.05) is 24.3 Å². The highest BCUT2D eigenvalue weighted by molar-refractivity contribution is 5.70. The molecule has 0 aliphatic carbocycles. The molecule has 0 unspecified atom stereocenters. The summed E-state index contributed by atoms with van der Waals surface area (Å²) in [5, 5.41) is 0. The number of rotatable bonds is 2. The van der Waals surface area contributed by atoms with Crippen molar-refractivity contribution in [2.24, 2.45) is 0 Å². The first-order valence-electron chi connectivity index (χ1n) is 7.14. The van der Waals surface area contributed by atoms with Gasteiger partial charge in [0.1, 0.15) is 0 Å². The molecular weight excluding hydrogens is 272 g/mol. The van der Waals surface area contributed by atoms with Crippen molar-refractivity contribution >= 4 is 5.78 Å². The molecule has 3 heterocycles. The van der Waals surface area contributed by atoms with Crippen molar-refractivity contribution in [1.29, 1.82) is 0 Å². The largest absolute Gasteiger partial charge is 0.284 e. The van der Waals surface area contributed by atoms with Gasteiger partial charge in [0.05, 0.1) is 17.6 Å². The highest BCUT2D eigenvalue weighted by Crippen LogP contribution is 2.25. The monoisotopic (exact) mass is 286 g/mol. The van der Waals surface area contributed by atoms with Gasteiger partial charge in [0, 0.05) is 29.2 Å². The van der Waals surface area contributed by atoms with Crippen LogP contribution in [0, 0.1) is 6.92 Å². The van der Waals surface area contributed by atoms with E-state index in [1.165, 1.54) is 0 Å². The summed E-state index contributed by atoms with van der Waals surface area (Å²) in [4.78, 5) is 13.2. The van der Waals surface area contributed by atoms with E-state index in [0.29, 0.717) is 0 Å². The topological polar surface area (TPSA) is 43.1 Å². The molecule has 3 aromatic heterocycles. The fraction of sp³-hybridized carbons (Fsp3) is 0.0556. The van der Waals surface area contributed by atoms with E-state index in [1.807, 2.05) is 60.2 Å². The van der Waals surface area contributed by atoms with E-state index < -0.39 is 0 Å². The second-order valence-corrected chi connectivity index (χ2v) is 5.18. The van der Waals surface area contributed by atoms with Gasteiger partial charge in [-0.05, 0) is 31.2 Å². The fourth-order valence-electron chi connectivity index (χ4n) is 2.54. The van der Waals surface area contributed by atoms with Gasteiger partial charge in [-0.3, -0.25) is 9.38 Å². The quantitative estimate of drug-likeness (QED) is 0.563. The Morgan fingerprint density at radius 2 is 1.82 bits per heavy atom. The molecule has 1 aromatic carbocycles. The Morgan fingerprint density at radius 3 is 2.68 bits per heavy atom. The maximum atomic E-state index is 4.44. The van der Waals surface area contributed by atoms with Crippen LogP contribution in [0.1, 0.15) is 5.69 Å². The lowest BCUT2D eigenvalue weighted by molar-refractivity contribution is 1.07. The molecule has 0 saturated heterocycles. The minimum absolute atomic E-state index is 0.721. The molecule has 4 rings (SSSR count). The van der Waals surface area contributed by atoms with E-state index in [1.54, 1.807) is 0 Å². The first-order valence-corrected chi connectivity index (χ1v) is 7.14. The number of nitrogens with zero attached hydrogens (tertiary/aromatic N) is 4. The minimum atomic E-state index is 0.721. The van der Waals surface area contributed by atoms with Crippen LogP contribution in [0.3, 0.4) is 0 Å². The molecule has 0 bridgehead atoms. The Hall–Kier alpha value is -3.01. The van der Waals surface area contributed by atoms with Gasteiger partial charge in [0.25, 0.3) is 0 Å². The van der Waals surface area contributed by atoms with Gasteiger partial charge < -0.3 is 0 Å². The smallest absolute Gasteiger partial charge is 0.234 e. The van der Waals surface area contributed by atoms with E-state index in [9.17, 15) is 0 Å². The van der Waals surface area contributed by atoms with Crippen LogP contribution in [-0.4, -0.2) is 19.4 Å². The molecule has 0 N–H and O–H groups in total. The number of fused-ring (bicyclic) bond motifs is 1. The van der Waals surface area contributed by atoms with Crippen molar-refractivity contribution in [1.82, 2.24) is 19.4 Å². The molecule has 4 aromatic rings. The van der Waals surface area contributed by atoms with Crippen LogP contribution in [0.25, 0.3) is 28.3 Å². The highest BCUT2D eigenvalue weighted by atomic mass is 15.1. The summed E-state index contributed by atoms with van der Waals surface area (Å²) in [6.07, 6.45) is 5.68. The molecule has 4 heteroatoms. The summed E-state index contributed by atoms with van der Waals surface area (Å²) in [7, 11) is 0. The fourth-order valence-corrected chi connectivity index (χ4v) is 2.54. The first kappa shape index (κ1) is 12.7. The second kappa shape index (κ2) is 5.07. The average molecular weight is 286 g/mol. The first-order chi connectivity index (χ1) is 10.8. The van der Waals surface area contributed by atoms with Crippen molar-refractivity contribution < 1.29 is 0 Å². The van der Waals surface area contributed by atoms with Gasteiger partial charge in [0.2, 0.25) is 5.78 Å². The molecular formula is C18H14N4. The van der Waals surface area contributed by atoms with Crippen molar-refractivity contribution in [3.8, 4) is 22.5 Å². The molecule has 106 valence electrons. The summed E-state index contributed by atoms with van der Waals surface area (Å²) in [6, 6.07) is 16.2. The summed E-state index contributed by atoms with van der Waals surface area (Å²) in [5.41, 5.74) is 5.15. The molecule has 0 fully saturated rings. The van der Waals surface area contributed by atoms with Gasteiger partial charge >= 0.3 is 0 Å². The Labute approximate surface area is 128 Å². The van der Waals surface area contributed by atoms with Crippen molar-refractivity contribution in [2.75, 3.05) is 0 Å². The zero-order valence-electron chi connectivity index (χ0n) is 12.1. The van der Waals surface area contributed by atoms with Crippen LogP contribution >= 0.6 is 0 Å². The van der Waals surface area contributed by atoms with E-state index in [-0.39, 0.29) is 0 Å². The molecule has 0 spiro atoms. The number of aromatic nitrogens is 4. The molecule has 0 atom stereocenters. The van der Waals surface area contributed by atoms with Crippen LogP contribution in [0.15, 0.2) is 67.1 Å². The van der Waals surface area contributed by atoms with E-state index in [2.05, 4.69) is 33.2 Å².